The van der Waals surface area contributed by atoms with Crippen molar-refractivity contribution in [3.8, 4) is 24.5 Å². The van der Waals surface area contributed by atoms with Crippen LogP contribution in [0, 0.1) is 45.6 Å². The van der Waals surface area contributed by atoms with Crippen LogP contribution in [0.3, 0.4) is 0 Å². The van der Waals surface area contributed by atoms with E-state index in [1.807, 2.05) is 0 Å². The topological polar surface area (TPSA) is 120 Å². The van der Waals surface area contributed by atoms with E-state index in [-0.39, 0.29) is 53.8 Å². The van der Waals surface area contributed by atoms with Gasteiger partial charge in [0, 0.05) is 21.5 Å². The van der Waals surface area contributed by atoms with E-state index in [2.05, 4.69) is 9.98 Å². The van der Waals surface area contributed by atoms with Gasteiger partial charge in [-0.25, -0.2) is 0 Å². The first-order valence-corrected chi connectivity index (χ1v) is 10.4. The van der Waals surface area contributed by atoms with Crippen molar-refractivity contribution in [3.05, 3.63) is 69.4 Å². The van der Waals surface area contributed by atoms with E-state index in [0.717, 1.165) is 24.3 Å². The zero-order valence-electron chi connectivity index (χ0n) is 18.4. The fraction of sp³-hybridized carbons (Fsp3) is 0.0769. The molecule has 5 aromatic rings. The van der Waals surface area contributed by atoms with Crippen LogP contribution in [0.5, 0.6) is 0 Å². The number of nitriles is 4. The molecule has 0 heterocycles. The lowest BCUT2D eigenvalue weighted by molar-refractivity contribution is -0.138. The van der Waals surface area contributed by atoms with Crippen LogP contribution in [0.4, 0.5) is 26.3 Å². The Balaban J connectivity index is 2.08. The summed E-state index contributed by atoms with van der Waals surface area (Å²) in [5, 5.41) is 37.9. The largest absolute Gasteiger partial charge is 0.417 e. The molecular formula is C26H6F6N6. The Morgan fingerprint density at radius 3 is 1.66 bits per heavy atom. The van der Waals surface area contributed by atoms with Crippen LogP contribution >= 0.6 is 0 Å². The minimum absolute atomic E-state index is 0.0688. The Morgan fingerprint density at radius 2 is 1.08 bits per heavy atom. The summed E-state index contributed by atoms with van der Waals surface area (Å²) in [5.41, 5.74) is -3.86. The fourth-order valence-electron chi connectivity index (χ4n) is 4.82. The normalized spacial score (nSPS) is 13.2. The lowest BCUT2D eigenvalue weighted by Gasteiger charge is -2.09. The van der Waals surface area contributed by atoms with Gasteiger partial charge in [0.05, 0.1) is 39.0 Å². The Bertz CT molecular complexity index is 2130. The highest BCUT2D eigenvalue weighted by Gasteiger charge is 2.36. The van der Waals surface area contributed by atoms with Gasteiger partial charge >= 0.3 is 12.4 Å². The molecule has 0 aliphatic carbocycles. The molecule has 0 N–H and O–H groups in total. The molecule has 0 unspecified atom stereocenters. The number of rotatable bonds is 0. The van der Waals surface area contributed by atoms with Crippen LogP contribution < -0.4 is 10.7 Å². The van der Waals surface area contributed by atoms with Crippen molar-refractivity contribution >= 4 is 43.1 Å². The molecule has 0 saturated carbocycles. The van der Waals surface area contributed by atoms with Gasteiger partial charge in [-0.3, -0.25) is 0 Å². The van der Waals surface area contributed by atoms with Crippen LogP contribution in [-0.2, 0) is 12.4 Å². The predicted molar refractivity (Wildman–Crippen MR) is 121 cm³/mol. The number of nitrogens with zero attached hydrogens (tertiary/aromatic N) is 6. The van der Waals surface area contributed by atoms with Crippen molar-refractivity contribution in [1.29, 1.82) is 21.0 Å². The second-order valence-electron chi connectivity index (χ2n) is 8.14. The van der Waals surface area contributed by atoms with Crippen LogP contribution in [0.1, 0.15) is 22.3 Å². The summed E-state index contributed by atoms with van der Waals surface area (Å²) < 4.78 is 81.7. The minimum atomic E-state index is -4.87. The van der Waals surface area contributed by atoms with E-state index in [0.29, 0.717) is 0 Å². The summed E-state index contributed by atoms with van der Waals surface area (Å²) in [6.07, 6.45) is -6.69. The Hall–Kier alpha value is -5.46. The molecule has 0 aromatic heterocycles. The number of alkyl halides is 6. The monoisotopic (exact) mass is 516 g/mol. The SMILES string of the molecule is N#C/N=c1\c2cc(C(F)(F)F)c(C#N)cc2c2cc3c(cc12)/c(=N\C#N)c1c(C#N)c(C(F)(F)F)ccc13. The average Bonchev–Trinajstić information content (AvgIpc) is 3.32. The molecule has 5 rings (SSSR count). The molecule has 5 aromatic carbocycles. The summed E-state index contributed by atoms with van der Waals surface area (Å²) in [4.78, 5) is 7.34. The van der Waals surface area contributed by atoms with E-state index >= 15 is 0 Å². The summed E-state index contributed by atoms with van der Waals surface area (Å²) in [5.74, 6) is 0. The minimum Gasteiger partial charge on any atom is -0.192 e. The first-order chi connectivity index (χ1) is 18.0. The third kappa shape index (κ3) is 3.32. The molecule has 0 fully saturated rings. The standard InChI is InChI=1S/C26H6F6N6/c27-25(28,29)20-2-1-12-14-4-15-13-3-11(7-33)21(26(30,31)32)6-18(13)23(37-9-35)16(15)5-17(14)24(38-10-36)22(12)19(20)8-34/h1-6H/b37-23-,38-24+. The highest BCUT2D eigenvalue weighted by molar-refractivity contribution is 6.22. The molecule has 0 radical (unpaired) electrons. The van der Waals surface area contributed by atoms with Crippen molar-refractivity contribution in [3.63, 3.8) is 0 Å². The molecule has 182 valence electrons. The molecule has 0 amide bonds. The maximum absolute atomic E-state index is 13.6. The average molecular weight is 516 g/mol. The Kier molecular flexibility index (Phi) is 5.12. The van der Waals surface area contributed by atoms with E-state index < -0.39 is 34.6 Å². The molecule has 0 aliphatic rings. The van der Waals surface area contributed by atoms with Gasteiger partial charge < -0.3 is 0 Å². The maximum atomic E-state index is 13.6. The van der Waals surface area contributed by atoms with Gasteiger partial charge in [0.1, 0.15) is 6.07 Å². The molecule has 0 bridgehead atoms. The van der Waals surface area contributed by atoms with Crippen LogP contribution in [0.15, 0.2) is 46.4 Å². The molecule has 12 heteroatoms. The van der Waals surface area contributed by atoms with E-state index in [9.17, 15) is 47.4 Å². The van der Waals surface area contributed by atoms with Crippen LogP contribution in [-0.4, -0.2) is 0 Å². The summed E-state index contributed by atoms with van der Waals surface area (Å²) in [6.45, 7) is 0. The van der Waals surface area contributed by atoms with Gasteiger partial charge in [-0.1, -0.05) is 6.07 Å². The van der Waals surface area contributed by atoms with E-state index in [4.69, 9.17) is 0 Å². The predicted octanol–water partition coefficient (Wildman–Crippen LogP) is 5.72. The second-order valence-corrected chi connectivity index (χ2v) is 8.14. The fourth-order valence-corrected chi connectivity index (χ4v) is 4.82. The van der Waals surface area contributed by atoms with Gasteiger partial charge in [-0.15, -0.1) is 0 Å². The third-order valence-electron chi connectivity index (χ3n) is 6.27. The van der Waals surface area contributed by atoms with Crippen molar-refractivity contribution in [2.24, 2.45) is 9.98 Å². The zero-order valence-corrected chi connectivity index (χ0v) is 18.4. The molecule has 0 aliphatic heterocycles. The molecule has 38 heavy (non-hydrogen) atoms. The summed E-state index contributed by atoms with van der Waals surface area (Å²) in [6, 6.07) is 9.44. The van der Waals surface area contributed by atoms with Crippen molar-refractivity contribution < 1.29 is 26.3 Å². The summed E-state index contributed by atoms with van der Waals surface area (Å²) in [7, 11) is 0. The first-order valence-electron chi connectivity index (χ1n) is 10.4. The molecule has 0 saturated heterocycles. The Labute approximate surface area is 207 Å². The number of hydrogen-bond donors (Lipinski definition) is 0. The number of hydrogen-bond acceptors (Lipinski definition) is 6. The summed E-state index contributed by atoms with van der Waals surface area (Å²) >= 11 is 0. The van der Waals surface area contributed by atoms with Gasteiger partial charge in [-0.2, -0.15) is 57.4 Å². The number of halogens is 6. The van der Waals surface area contributed by atoms with Crippen molar-refractivity contribution in [2.75, 3.05) is 0 Å². The van der Waals surface area contributed by atoms with Gasteiger partial charge in [-0.05, 0) is 51.9 Å². The quantitative estimate of drug-likeness (QED) is 0.193. The molecule has 0 spiro atoms. The molecule has 6 nitrogen and oxygen atoms in total. The second kappa shape index (κ2) is 8.03. The molecule has 0 atom stereocenters. The lowest BCUT2D eigenvalue weighted by Crippen LogP contribution is -2.10. The zero-order chi connectivity index (χ0) is 27.6. The maximum Gasteiger partial charge on any atom is 0.417 e. The third-order valence-corrected chi connectivity index (χ3v) is 6.27. The number of fused-ring (bicyclic) bond motifs is 6. The van der Waals surface area contributed by atoms with Crippen molar-refractivity contribution in [2.45, 2.75) is 12.4 Å². The van der Waals surface area contributed by atoms with E-state index in [1.165, 1.54) is 30.6 Å². The number of benzene rings is 3. The Morgan fingerprint density at radius 1 is 0.553 bits per heavy atom. The van der Waals surface area contributed by atoms with Crippen LogP contribution in [0.25, 0.3) is 43.1 Å². The van der Waals surface area contributed by atoms with Crippen LogP contribution in [0.2, 0.25) is 0 Å². The lowest BCUT2D eigenvalue weighted by atomic mass is 10.0. The van der Waals surface area contributed by atoms with Gasteiger partial charge in [0.2, 0.25) is 12.4 Å². The van der Waals surface area contributed by atoms with Gasteiger partial charge in [0.25, 0.3) is 0 Å². The highest BCUT2D eigenvalue weighted by atomic mass is 19.4. The van der Waals surface area contributed by atoms with E-state index in [1.54, 1.807) is 6.07 Å². The smallest absolute Gasteiger partial charge is 0.192 e. The highest BCUT2D eigenvalue weighted by Crippen LogP contribution is 2.40. The molecular weight excluding hydrogens is 510 g/mol. The van der Waals surface area contributed by atoms with Gasteiger partial charge in [0.15, 0.2) is 0 Å². The first kappa shape index (κ1) is 24.2. The van der Waals surface area contributed by atoms with Crippen molar-refractivity contribution in [1.82, 2.24) is 0 Å².